The topological polar surface area (TPSA) is 29.8 Å². The van der Waals surface area contributed by atoms with Crippen LogP contribution in [-0.4, -0.2) is 6.54 Å². The molecule has 0 aliphatic rings. The third-order valence-corrected chi connectivity index (χ3v) is 2.76. The van der Waals surface area contributed by atoms with E-state index in [0.29, 0.717) is 0 Å². The van der Waals surface area contributed by atoms with Crippen molar-refractivity contribution in [3.8, 4) is 11.3 Å². The van der Waals surface area contributed by atoms with Crippen molar-refractivity contribution in [3.05, 3.63) is 47.2 Å². The standard InChI is InChI=1S/C13H14ClNO/c1-2-15-9-10-7-8-13(16-10)11-5-3-4-6-12(11)14/h3-8,15H,2,9H2,1H3/p+1. The molecule has 0 atom stereocenters. The van der Waals surface area contributed by atoms with Crippen molar-refractivity contribution < 1.29 is 9.73 Å². The lowest BCUT2D eigenvalue weighted by Crippen LogP contribution is -2.81. The van der Waals surface area contributed by atoms with Gasteiger partial charge in [0.05, 0.1) is 11.6 Å². The molecule has 0 spiro atoms. The summed E-state index contributed by atoms with van der Waals surface area (Å²) in [6.45, 7) is 4.06. The van der Waals surface area contributed by atoms with Crippen LogP contribution in [0.1, 0.15) is 12.7 Å². The van der Waals surface area contributed by atoms with Gasteiger partial charge in [0.25, 0.3) is 0 Å². The molecule has 1 aromatic carbocycles. The number of hydrogen-bond donors (Lipinski definition) is 1. The first-order valence-corrected chi connectivity index (χ1v) is 5.84. The predicted molar refractivity (Wildman–Crippen MR) is 65.3 cm³/mol. The van der Waals surface area contributed by atoms with Crippen LogP contribution in [0.15, 0.2) is 40.8 Å². The molecule has 0 aliphatic heterocycles. The Balaban J connectivity index is 2.22. The first kappa shape index (κ1) is 11.2. The Morgan fingerprint density at radius 2 is 2.00 bits per heavy atom. The summed E-state index contributed by atoms with van der Waals surface area (Å²) in [4.78, 5) is 0. The minimum atomic E-state index is 0.725. The van der Waals surface area contributed by atoms with Gasteiger partial charge in [-0.25, -0.2) is 0 Å². The number of hydrogen-bond acceptors (Lipinski definition) is 1. The molecule has 2 N–H and O–H groups in total. The van der Waals surface area contributed by atoms with Crippen LogP contribution in [0.3, 0.4) is 0 Å². The third kappa shape index (κ3) is 2.46. The highest BCUT2D eigenvalue weighted by Crippen LogP contribution is 2.28. The molecule has 2 aromatic rings. The molecular weight excluding hydrogens is 222 g/mol. The van der Waals surface area contributed by atoms with Gasteiger partial charge in [-0.2, -0.15) is 0 Å². The summed E-state index contributed by atoms with van der Waals surface area (Å²) in [7, 11) is 0. The van der Waals surface area contributed by atoms with Gasteiger partial charge < -0.3 is 9.73 Å². The van der Waals surface area contributed by atoms with Crippen LogP contribution in [0.5, 0.6) is 0 Å². The Labute approximate surface area is 100 Å². The zero-order valence-corrected chi connectivity index (χ0v) is 10.00. The van der Waals surface area contributed by atoms with Crippen LogP contribution in [0.25, 0.3) is 11.3 Å². The van der Waals surface area contributed by atoms with E-state index >= 15 is 0 Å². The van der Waals surface area contributed by atoms with Gasteiger partial charge >= 0.3 is 0 Å². The molecule has 16 heavy (non-hydrogen) atoms. The zero-order valence-electron chi connectivity index (χ0n) is 9.24. The molecule has 0 saturated carbocycles. The van der Waals surface area contributed by atoms with E-state index in [-0.39, 0.29) is 0 Å². The van der Waals surface area contributed by atoms with Crippen molar-refractivity contribution in [2.24, 2.45) is 0 Å². The van der Waals surface area contributed by atoms with Gasteiger partial charge in [0.15, 0.2) is 5.76 Å². The molecule has 2 nitrogen and oxygen atoms in total. The van der Waals surface area contributed by atoms with Crippen molar-refractivity contribution in [1.29, 1.82) is 0 Å². The summed E-state index contributed by atoms with van der Waals surface area (Å²) in [5.74, 6) is 1.82. The van der Waals surface area contributed by atoms with E-state index < -0.39 is 0 Å². The number of halogens is 1. The first-order valence-electron chi connectivity index (χ1n) is 5.46. The molecule has 0 bridgehead atoms. The van der Waals surface area contributed by atoms with Crippen LogP contribution in [0.2, 0.25) is 5.02 Å². The number of quaternary nitrogens is 1. The summed E-state index contributed by atoms with van der Waals surface area (Å²) >= 11 is 6.10. The molecule has 0 aliphatic carbocycles. The summed E-state index contributed by atoms with van der Waals surface area (Å²) < 4.78 is 5.74. The van der Waals surface area contributed by atoms with E-state index in [9.17, 15) is 0 Å². The Kier molecular flexibility index (Phi) is 3.65. The Hall–Kier alpha value is -1.25. The highest BCUT2D eigenvalue weighted by molar-refractivity contribution is 6.33. The lowest BCUT2D eigenvalue weighted by atomic mass is 10.2. The molecule has 3 heteroatoms. The monoisotopic (exact) mass is 236 g/mol. The number of benzene rings is 1. The van der Waals surface area contributed by atoms with Gasteiger partial charge in [0.1, 0.15) is 12.3 Å². The highest BCUT2D eigenvalue weighted by atomic mass is 35.5. The van der Waals surface area contributed by atoms with Crippen molar-refractivity contribution in [2.45, 2.75) is 13.5 Å². The SMILES string of the molecule is CC[NH2+]Cc1ccc(-c2ccccc2Cl)o1. The van der Waals surface area contributed by atoms with Gasteiger partial charge in [-0.05, 0) is 31.2 Å². The van der Waals surface area contributed by atoms with Crippen molar-refractivity contribution >= 4 is 11.6 Å². The molecule has 0 saturated heterocycles. The predicted octanol–water partition coefficient (Wildman–Crippen LogP) is 2.68. The molecule has 84 valence electrons. The molecule has 2 rings (SSSR count). The van der Waals surface area contributed by atoms with E-state index in [1.807, 2.05) is 36.4 Å². The van der Waals surface area contributed by atoms with Gasteiger partial charge in [-0.3, -0.25) is 0 Å². The third-order valence-electron chi connectivity index (χ3n) is 2.44. The summed E-state index contributed by atoms with van der Waals surface area (Å²) in [5, 5.41) is 2.91. The average molecular weight is 237 g/mol. The molecular formula is C13H15ClNO+. The van der Waals surface area contributed by atoms with E-state index in [1.165, 1.54) is 0 Å². The fourth-order valence-electron chi connectivity index (χ4n) is 1.58. The summed E-state index contributed by atoms with van der Waals surface area (Å²) in [6, 6.07) is 11.7. The lowest BCUT2D eigenvalue weighted by molar-refractivity contribution is -0.669. The van der Waals surface area contributed by atoms with E-state index in [2.05, 4.69) is 12.2 Å². The van der Waals surface area contributed by atoms with Crippen LogP contribution in [-0.2, 0) is 6.54 Å². The van der Waals surface area contributed by atoms with E-state index in [0.717, 1.165) is 35.2 Å². The van der Waals surface area contributed by atoms with Crippen molar-refractivity contribution in [2.75, 3.05) is 6.54 Å². The minimum absolute atomic E-state index is 0.725. The molecule has 1 heterocycles. The van der Waals surface area contributed by atoms with E-state index in [1.54, 1.807) is 0 Å². The number of nitrogens with two attached hydrogens (primary N) is 1. The summed E-state index contributed by atoms with van der Waals surface area (Å²) in [6.07, 6.45) is 0. The Bertz CT molecular complexity index is 464. The zero-order chi connectivity index (χ0) is 11.4. The quantitative estimate of drug-likeness (QED) is 0.869. The minimum Gasteiger partial charge on any atom is -0.455 e. The molecule has 0 unspecified atom stereocenters. The van der Waals surface area contributed by atoms with Gasteiger partial charge in [-0.1, -0.05) is 23.7 Å². The largest absolute Gasteiger partial charge is 0.455 e. The first-order chi connectivity index (χ1) is 7.81. The smallest absolute Gasteiger partial charge is 0.158 e. The molecule has 0 radical (unpaired) electrons. The normalized spacial score (nSPS) is 10.6. The second-order valence-corrected chi connectivity index (χ2v) is 4.05. The van der Waals surface area contributed by atoms with E-state index in [4.69, 9.17) is 16.0 Å². The van der Waals surface area contributed by atoms with Crippen LogP contribution in [0, 0.1) is 0 Å². The second-order valence-electron chi connectivity index (χ2n) is 3.65. The highest BCUT2D eigenvalue weighted by Gasteiger charge is 2.08. The average Bonchev–Trinajstić information content (AvgIpc) is 2.75. The van der Waals surface area contributed by atoms with Crippen molar-refractivity contribution in [1.82, 2.24) is 0 Å². The Morgan fingerprint density at radius 1 is 1.19 bits per heavy atom. The maximum atomic E-state index is 6.10. The Morgan fingerprint density at radius 3 is 2.75 bits per heavy atom. The lowest BCUT2D eigenvalue weighted by Gasteiger charge is -1.99. The maximum Gasteiger partial charge on any atom is 0.158 e. The number of rotatable bonds is 4. The molecule has 0 fully saturated rings. The van der Waals surface area contributed by atoms with Crippen molar-refractivity contribution in [3.63, 3.8) is 0 Å². The van der Waals surface area contributed by atoms with Gasteiger partial charge in [-0.15, -0.1) is 0 Å². The molecule has 0 amide bonds. The van der Waals surface area contributed by atoms with Crippen LogP contribution < -0.4 is 5.32 Å². The number of furan rings is 1. The van der Waals surface area contributed by atoms with Gasteiger partial charge in [0.2, 0.25) is 0 Å². The molecule has 1 aromatic heterocycles. The second kappa shape index (κ2) is 5.19. The summed E-state index contributed by atoms with van der Waals surface area (Å²) in [5.41, 5.74) is 0.951. The fourth-order valence-corrected chi connectivity index (χ4v) is 1.81. The van der Waals surface area contributed by atoms with Crippen LogP contribution >= 0.6 is 11.6 Å². The maximum absolute atomic E-state index is 6.10. The van der Waals surface area contributed by atoms with Gasteiger partial charge in [0, 0.05) is 5.56 Å². The fraction of sp³-hybridized carbons (Fsp3) is 0.231. The van der Waals surface area contributed by atoms with Crippen LogP contribution in [0.4, 0.5) is 0 Å².